The smallest absolute Gasteiger partial charge is 0.322 e. The zero-order valence-corrected chi connectivity index (χ0v) is 11.9. The molecular weight excluding hydrogens is 264 g/mol. The van der Waals surface area contributed by atoms with Crippen LogP contribution in [0.3, 0.4) is 0 Å². The van der Waals surface area contributed by atoms with Crippen molar-refractivity contribution < 1.29 is 4.74 Å². The number of rotatable bonds is 6. The molecule has 0 amide bonds. The Kier molecular flexibility index (Phi) is 4.45. The fourth-order valence-electron chi connectivity index (χ4n) is 1.45. The van der Waals surface area contributed by atoms with E-state index < -0.39 is 0 Å². The first-order chi connectivity index (χ1) is 9.22. The maximum Gasteiger partial charge on any atom is 0.322 e. The van der Waals surface area contributed by atoms with E-state index in [1.54, 1.807) is 18.4 Å². The molecule has 0 fully saturated rings. The summed E-state index contributed by atoms with van der Waals surface area (Å²) in [6.07, 6.45) is 1.81. The van der Waals surface area contributed by atoms with Crippen LogP contribution in [0.4, 0.5) is 11.9 Å². The molecule has 1 unspecified atom stereocenters. The number of nitrogens with zero attached hydrogens (tertiary/aromatic N) is 4. The number of thiazole rings is 1. The Morgan fingerprint density at radius 3 is 2.74 bits per heavy atom. The lowest BCUT2D eigenvalue weighted by molar-refractivity contribution is 0.379. The van der Waals surface area contributed by atoms with E-state index in [2.05, 4.69) is 37.5 Å². The van der Waals surface area contributed by atoms with E-state index in [0.717, 1.165) is 5.01 Å². The maximum absolute atomic E-state index is 5.02. The third-order valence-electron chi connectivity index (χ3n) is 2.46. The van der Waals surface area contributed by atoms with Crippen molar-refractivity contribution in [3.05, 3.63) is 16.6 Å². The fourth-order valence-corrected chi connectivity index (χ4v) is 2.15. The van der Waals surface area contributed by atoms with E-state index in [9.17, 15) is 0 Å². The number of hydrogen-bond acceptors (Lipinski definition) is 8. The quantitative estimate of drug-likeness (QED) is 0.831. The summed E-state index contributed by atoms with van der Waals surface area (Å²) in [5, 5.41) is 9.09. The van der Waals surface area contributed by atoms with Crippen molar-refractivity contribution in [2.24, 2.45) is 0 Å². The van der Waals surface area contributed by atoms with Gasteiger partial charge in [-0.2, -0.15) is 15.0 Å². The standard InChI is InChI=1S/C11H16N6OS/c1-7(8-13-4-5-19-8)6-14-10-15-9(12-2)16-11(17-10)18-3/h4-5,7H,6H2,1-3H3,(H2,12,14,15,16,17). The molecule has 0 aliphatic carbocycles. The third-order valence-corrected chi connectivity index (χ3v) is 3.47. The summed E-state index contributed by atoms with van der Waals surface area (Å²) in [6, 6.07) is 0.281. The first-order valence-corrected chi connectivity index (χ1v) is 6.72. The predicted octanol–water partition coefficient (Wildman–Crippen LogP) is 1.59. The number of methoxy groups -OCH3 is 1. The van der Waals surface area contributed by atoms with E-state index in [1.165, 1.54) is 7.11 Å². The number of ether oxygens (including phenoxy) is 1. The zero-order chi connectivity index (χ0) is 13.7. The van der Waals surface area contributed by atoms with Gasteiger partial charge in [0, 0.05) is 31.1 Å². The molecule has 2 aromatic rings. The van der Waals surface area contributed by atoms with Crippen LogP contribution in [0.15, 0.2) is 11.6 Å². The average molecular weight is 280 g/mol. The van der Waals surface area contributed by atoms with Crippen LogP contribution in [0.1, 0.15) is 17.8 Å². The summed E-state index contributed by atoms with van der Waals surface area (Å²) < 4.78 is 5.02. The van der Waals surface area contributed by atoms with Gasteiger partial charge in [0.1, 0.15) is 0 Å². The predicted molar refractivity (Wildman–Crippen MR) is 74.9 cm³/mol. The van der Waals surface area contributed by atoms with Crippen LogP contribution < -0.4 is 15.4 Å². The van der Waals surface area contributed by atoms with Crippen LogP contribution in [0, 0.1) is 0 Å². The number of anilines is 2. The van der Waals surface area contributed by atoms with Gasteiger partial charge in [0.05, 0.1) is 12.1 Å². The van der Waals surface area contributed by atoms with Gasteiger partial charge in [0.25, 0.3) is 0 Å². The van der Waals surface area contributed by atoms with Crippen LogP contribution in [0.25, 0.3) is 0 Å². The van der Waals surface area contributed by atoms with Crippen LogP contribution in [0.5, 0.6) is 6.01 Å². The van der Waals surface area contributed by atoms with Crippen molar-refractivity contribution in [2.45, 2.75) is 12.8 Å². The Hall–Kier alpha value is -1.96. The number of aromatic nitrogens is 4. The van der Waals surface area contributed by atoms with Crippen LogP contribution >= 0.6 is 11.3 Å². The first kappa shape index (κ1) is 13.5. The Morgan fingerprint density at radius 1 is 1.32 bits per heavy atom. The summed E-state index contributed by atoms with van der Waals surface area (Å²) in [7, 11) is 3.27. The molecule has 0 radical (unpaired) electrons. The topological polar surface area (TPSA) is 84.9 Å². The summed E-state index contributed by atoms with van der Waals surface area (Å²) in [6.45, 7) is 2.80. The minimum atomic E-state index is 0.281. The second-order valence-electron chi connectivity index (χ2n) is 3.87. The summed E-state index contributed by atoms with van der Waals surface area (Å²) in [5.74, 6) is 1.25. The summed E-state index contributed by atoms with van der Waals surface area (Å²) in [5.41, 5.74) is 0. The van der Waals surface area contributed by atoms with Crippen molar-refractivity contribution in [2.75, 3.05) is 31.3 Å². The van der Waals surface area contributed by atoms with Gasteiger partial charge in [-0.3, -0.25) is 0 Å². The van der Waals surface area contributed by atoms with E-state index in [-0.39, 0.29) is 6.01 Å². The fraction of sp³-hybridized carbons (Fsp3) is 0.455. The monoisotopic (exact) mass is 280 g/mol. The van der Waals surface area contributed by atoms with E-state index >= 15 is 0 Å². The highest BCUT2D eigenvalue weighted by Crippen LogP contribution is 2.18. The van der Waals surface area contributed by atoms with Crippen molar-refractivity contribution in [1.82, 2.24) is 19.9 Å². The van der Waals surface area contributed by atoms with Crippen molar-refractivity contribution in [3.63, 3.8) is 0 Å². The van der Waals surface area contributed by atoms with Gasteiger partial charge in [-0.25, -0.2) is 4.98 Å². The third kappa shape index (κ3) is 3.50. The SMILES string of the molecule is CNc1nc(NCC(C)c2nccs2)nc(OC)n1. The average Bonchev–Trinajstić information content (AvgIpc) is 2.98. The lowest BCUT2D eigenvalue weighted by Gasteiger charge is -2.11. The first-order valence-electron chi connectivity index (χ1n) is 5.84. The van der Waals surface area contributed by atoms with Crippen molar-refractivity contribution in [1.29, 1.82) is 0 Å². The van der Waals surface area contributed by atoms with Gasteiger partial charge >= 0.3 is 6.01 Å². The molecule has 0 saturated carbocycles. The molecule has 0 aromatic carbocycles. The highest BCUT2D eigenvalue weighted by Gasteiger charge is 2.10. The summed E-state index contributed by atoms with van der Waals surface area (Å²) in [4.78, 5) is 16.7. The molecule has 0 spiro atoms. The lowest BCUT2D eigenvalue weighted by Crippen LogP contribution is -2.13. The van der Waals surface area contributed by atoms with Crippen LogP contribution in [-0.2, 0) is 0 Å². The molecule has 2 heterocycles. The minimum absolute atomic E-state index is 0.281. The van der Waals surface area contributed by atoms with Gasteiger partial charge < -0.3 is 15.4 Å². The highest BCUT2D eigenvalue weighted by molar-refractivity contribution is 7.09. The molecule has 7 nitrogen and oxygen atoms in total. The van der Waals surface area contributed by atoms with Gasteiger partial charge in [0.15, 0.2) is 0 Å². The molecule has 2 N–H and O–H groups in total. The molecule has 0 bridgehead atoms. The molecular formula is C11H16N6OS. The maximum atomic E-state index is 5.02. The normalized spacial score (nSPS) is 11.9. The van der Waals surface area contributed by atoms with Crippen LogP contribution in [0.2, 0.25) is 0 Å². The second-order valence-corrected chi connectivity index (χ2v) is 4.80. The summed E-state index contributed by atoms with van der Waals surface area (Å²) >= 11 is 1.64. The van der Waals surface area contributed by atoms with E-state index in [4.69, 9.17) is 4.74 Å². The van der Waals surface area contributed by atoms with E-state index in [1.807, 2.05) is 11.6 Å². The molecule has 2 rings (SSSR count). The minimum Gasteiger partial charge on any atom is -0.467 e. The zero-order valence-electron chi connectivity index (χ0n) is 11.0. The van der Waals surface area contributed by atoms with Gasteiger partial charge in [-0.05, 0) is 0 Å². The molecule has 102 valence electrons. The Labute approximate surface area is 115 Å². The molecule has 0 aliphatic heterocycles. The second kappa shape index (κ2) is 6.28. The van der Waals surface area contributed by atoms with Gasteiger partial charge in [-0.15, -0.1) is 11.3 Å². The molecule has 8 heteroatoms. The van der Waals surface area contributed by atoms with Crippen LogP contribution in [-0.4, -0.2) is 40.6 Å². The molecule has 1 atom stereocenters. The number of hydrogen-bond donors (Lipinski definition) is 2. The molecule has 2 aromatic heterocycles. The molecule has 0 saturated heterocycles. The van der Waals surface area contributed by atoms with Crippen molar-refractivity contribution >= 4 is 23.2 Å². The lowest BCUT2D eigenvalue weighted by atomic mass is 10.2. The largest absolute Gasteiger partial charge is 0.467 e. The van der Waals surface area contributed by atoms with Gasteiger partial charge in [-0.1, -0.05) is 6.92 Å². The van der Waals surface area contributed by atoms with E-state index in [0.29, 0.717) is 24.4 Å². The Morgan fingerprint density at radius 2 is 2.11 bits per heavy atom. The number of nitrogens with one attached hydrogen (secondary N) is 2. The van der Waals surface area contributed by atoms with Crippen molar-refractivity contribution in [3.8, 4) is 6.01 Å². The molecule has 19 heavy (non-hydrogen) atoms. The molecule has 0 aliphatic rings. The Bertz CT molecular complexity index is 496. The van der Waals surface area contributed by atoms with Gasteiger partial charge in [0.2, 0.25) is 11.9 Å². The Balaban J connectivity index is 2.02. The highest BCUT2D eigenvalue weighted by atomic mass is 32.1.